The van der Waals surface area contributed by atoms with Crippen LogP contribution in [0.25, 0.3) is 0 Å². The first kappa shape index (κ1) is 18.4. The molecule has 1 amide bonds. The molecule has 0 bridgehead atoms. The van der Waals surface area contributed by atoms with Gasteiger partial charge in [0.15, 0.2) is 0 Å². The fraction of sp³-hybridized carbons (Fsp3) is 0.643. The van der Waals surface area contributed by atoms with Crippen molar-refractivity contribution in [3.63, 3.8) is 0 Å². The lowest BCUT2D eigenvalue weighted by Crippen LogP contribution is -2.46. The zero-order valence-electron chi connectivity index (χ0n) is 12.5. The highest BCUT2D eigenvalue weighted by atomic mass is 35.5. The molecule has 1 aromatic rings. The maximum absolute atomic E-state index is 11.7. The molecule has 3 N–H and O–H groups in total. The first-order valence-electron chi connectivity index (χ1n) is 6.99. The average molecular weight is 334 g/mol. The van der Waals surface area contributed by atoms with Gasteiger partial charge in [0.1, 0.15) is 0 Å². The number of nitrogens with two attached hydrogens (primary N) is 1. The molecular weight excluding hydrogens is 310 g/mol. The number of carbonyl (C=O) groups is 1. The highest BCUT2D eigenvalue weighted by Crippen LogP contribution is 2.27. The number of thiophene rings is 1. The molecule has 1 aliphatic rings. The van der Waals surface area contributed by atoms with Crippen LogP contribution in [0.1, 0.15) is 22.7 Å². The van der Waals surface area contributed by atoms with Crippen LogP contribution in [0.3, 0.4) is 0 Å². The van der Waals surface area contributed by atoms with E-state index < -0.39 is 6.04 Å². The number of carbonyl (C=O) groups excluding carboxylic acids is 1. The smallest absolute Gasteiger partial charge is 0.236 e. The molecule has 2 heterocycles. The Morgan fingerprint density at radius 3 is 2.67 bits per heavy atom. The predicted molar refractivity (Wildman–Crippen MR) is 88.1 cm³/mol. The van der Waals surface area contributed by atoms with E-state index in [1.165, 1.54) is 9.75 Å². The summed E-state index contributed by atoms with van der Waals surface area (Å²) >= 11 is 1.78. The molecule has 120 valence electrons. The SMILES string of the molecule is Cc1ccc(C(CNC(=O)C(C)N)N2CCOCC2)s1.Cl. The van der Waals surface area contributed by atoms with Crippen molar-refractivity contribution in [2.45, 2.75) is 25.9 Å². The highest BCUT2D eigenvalue weighted by molar-refractivity contribution is 7.12. The van der Waals surface area contributed by atoms with Gasteiger partial charge in [-0.15, -0.1) is 23.7 Å². The molecule has 1 fully saturated rings. The molecule has 1 saturated heterocycles. The van der Waals surface area contributed by atoms with E-state index in [9.17, 15) is 4.79 Å². The Morgan fingerprint density at radius 1 is 1.48 bits per heavy atom. The molecule has 7 heteroatoms. The third kappa shape index (κ3) is 5.23. The Morgan fingerprint density at radius 2 is 2.14 bits per heavy atom. The molecule has 2 rings (SSSR count). The predicted octanol–water partition coefficient (Wildman–Crippen LogP) is 1.32. The van der Waals surface area contributed by atoms with Crippen molar-refractivity contribution in [2.75, 3.05) is 32.8 Å². The molecule has 0 aromatic carbocycles. The van der Waals surface area contributed by atoms with Crippen LogP contribution in [-0.2, 0) is 9.53 Å². The number of hydrogen-bond acceptors (Lipinski definition) is 5. The molecule has 0 spiro atoms. The molecule has 21 heavy (non-hydrogen) atoms. The normalized spacial score (nSPS) is 18.6. The van der Waals surface area contributed by atoms with Gasteiger partial charge in [0.05, 0.1) is 25.3 Å². The summed E-state index contributed by atoms with van der Waals surface area (Å²) in [7, 11) is 0. The van der Waals surface area contributed by atoms with Crippen molar-refractivity contribution >= 4 is 29.7 Å². The van der Waals surface area contributed by atoms with Gasteiger partial charge in [-0.2, -0.15) is 0 Å². The Bertz CT molecular complexity index is 447. The molecule has 5 nitrogen and oxygen atoms in total. The minimum Gasteiger partial charge on any atom is -0.379 e. The molecule has 2 unspecified atom stereocenters. The number of amides is 1. The van der Waals surface area contributed by atoms with Gasteiger partial charge >= 0.3 is 0 Å². The monoisotopic (exact) mass is 333 g/mol. The quantitative estimate of drug-likeness (QED) is 0.852. The summed E-state index contributed by atoms with van der Waals surface area (Å²) in [6.07, 6.45) is 0. The molecule has 1 aromatic heterocycles. The first-order chi connectivity index (χ1) is 9.58. The standard InChI is InChI=1S/C14H23N3O2S.ClH/c1-10-3-4-13(20-10)12(9-16-14(18)11(2)15)17-5-7-19-8-6-17;/h3-4,11-12H,5-9,15H2,1-2H3,(H,16,18);1H. The maximum atomic E-state index is 11.7. The highest BCUT2D eigenvalue weighted by Gasteiger charge is 2.24. The van der Waals surface area contributed by atoms with Crippen molar-refractivity contribution in [1.82, 2.24) is 10.2 Å². The van der Waals surface area contributed by atoms with Crippen molar-refractivity contribution in [3.05, 3.63) is 21.9 Å². The van der Waals surface area contributed by atoms with Crippen LogP contribution in [0.2, 0.25) is 0 Å². The van der Waals surface area contributed by atoms with Crippen LogP contribution in [0.5, 0.6) is 0 Å². The summed E-state index contributed by atoms with van der Waals surface area (Å²) < 4.78 is 5.41. The number of hydrogen-bond donors (Lipinski definition) is 2. The summed E-state index contributed by atoms with van der Waals surface area (Å²) in [4.78, 5) is 16.6. The second-order valence-electron chi connectivity index (χ2n) is 5.15. The van der Waals surface area contributed by atoms with E-state index in [1.807, 2.05) is 0 Å². The summed E-state index contributed by atoms with van der Waals surface area (Å²) in [5.41, 5.74) is 5.60. The van der Waals surface area contributed by atoms with Crippen LogP contribution in [0.15, 0.2) is 12.1 Å². The lowest BCUT2D eigenvalue weighted by atomic mass is 10.1. The Hall–Kier alpha value is -0.660. The third-order valence-electron chi connectivity index (χ3n) is 3.46. The van der Waals surface area contributed by atoms with Crippen LogP contribution in [-0.4, -0.2) is 49.7 Å². The van der Waals surface area contributed by atoms with Crippen molar-refractivity contribution in [2.24, 2.45) is 5.73 Å². The molecule has 1 aliphatic heterocycles. The number of aryl methyl sites for hydroxylation is 1. The topological polar surface area (TPSA) is 67.6 Å². The first-order valence-corrected chi connectivity index (χ1v) is 7.81. The summed E-state index contributed by atoms with van der Waals surface area (Å²) in [5, 5.41) is 2.95. The summed E-state index contributed by atoms with van der Waals surface area (Å²) in [5.74, 6) is -0.100. The Kier molecular flexibility index (Phi) is 7.62. The Labute approximate surface area is 136 Å². The zero-order chi connectivity index (χ0) is 14.5. The second-order valence-corrected chi connectivity index (χ2v) is 6.47. The van der Waals surface area contributed by atoms with Gasteiger partial charge in [0.25, 0.3) is 0 Å². The minimum atomic E-state index is -0.467. The van der Waals surface area contributed by atoms with Crippen LogP contribution in [0.4, 0.5) is 0 Å². The maximum Gasteiger partial charge on any atom is 0.236 e. The lowest BCUT2D eigenvalue weighted by molar-refractivity contribution is -0.122. The van der Waals surface area contributed by atoms with E-state index in [0.29, 0.717) is 6.54 Å². The molecule has 0 aliphatic carbocycles. The number of nitrogens with one attached hydrogen (secondary N) is 1. The number of halogens is 1. The van der Waals surface area contributed by atoms with E-state index >= 15 is 0 Å². The summed E-state index contributed by atoms with van der Waals surface area (Å²) in [6, 6.07) is 4.02. The number of rotatable bonds is 5. The number of nitrogens with zero attached hydrogens (tertiary/aromatic N) is 1. The Balaban J connectivity index is 0.00000220. The third-order valence-corrected chi connectivity index (χ3v) is 4.56. The summed E-state index contributed by atoms with van der Waals surface area (Å²) in [6.45, 7) is 7.70. The van der Waals surface area contributed by atoms with Crippen molar-refractivity contribution in [3.8, 4) is 0 Å². The zero-order valence-corrected chi connectivity index (χ0v) is 14.1. The molecule has 2 atom stereocenters. The molecule has 0 saturated carbocycles. The van der Waals surface area contributed by atoms with E-state index in [1.54, 1.807) is 18.3 Å². The largest absolute Gasteiger partial charge is 0.379 e. The van der Waals surface area contributed by atoms with Crippen molar-refractivity contribution in [1.29, 1.82) is 0 Å². The van der Waals surface area contributed by atoms with E-state index in [4.69, 9.17) is 10.5 Å². The van der Waals surface area contributed by atoms with Crippen molar-refractivity contribution < 1.29 is 9.53 Å². The van der Waals surface area contributed by atoms with Gasteiger partial charge in [-0.05, 0) is 26.0 Å². The number of morpholine rings is 1. The second kappa shape index (κ2) is 8.70. The lowest BCUT2D eigenvalue weighted by Gasteiger charge is -2.34. The van der Waals surface area contributed by atoms with E-state index in [2.05, 4.69) is 29.3 Å². The van der Waals surface area contributed by atoms with Crippen LogP contribution < -0.4 is 11.1 Å². The fourth-order valence-electron chi connectivity index (χ4n) is 2.29. The minimum absolute atomic E-state index is 0. The average Bonchev–Trinajstić information content (AvgIpc) is 2.86. The van der Waals surface area contributed by atoms with Gasteiger partial charge in [-0.3, -0.25) is 9.69 Å². The molecule has 0 radical (unpaired) electrons. The van der Waals surface area contributed by atoms with Crippen LogP contribution >= 0.6 is 23.7 Å². The van der Waals surface area contributed by atoms with Crippen LogP contribution in [0, 0.1) is 6.92 Å². The van der Waals surface area contributed by atoms with E-state index in [-0.39, 0.29) is 24.4 Å². The van der Waals surface area contributed by atoms with Gasteiger partial charge in [-0.1, -0.05) is 0 Å². The van der Waals surface area contributed by atoms with Gasteiger partial charge in [0, 0.05) is 29.4 Å². The van der Waals surface area contributed by atoms with E-state index in [0.717, 1.165) is 26.3 Å². The molecular formula is C14H24ClN3O2S. The van der Waals surface area contributed by atoms with Gasteiger partial charge < -0.3 is 15.8 Å². The fourth-order valence-corrected chi connectivity index (χ4v) is 3.30. The van der Waals surface area contributed by atoms with Gasteiger partial charge in [0.2, 0.25) is 5.91 Å². The van der Waals surface area contributed by atoms with Gasteiger partial charge in [-0.25, -0.2) is 0 Å². The number of ether oxygens (including phenoxy) is 1.